The van der Waals surface area contributed by atoms with Crippen molar-refractivity contribution in [2.75, 3.05) is 19.5 Å². The average molecular weight is 562 g/mol. The third kappa shape index (κ3) is 5.40. The molecule has 0 unspecified atom stereocenters. The van der Waals surface area contributed by atoms with E-state index < -0.39 is 54.9 Å². The van der Waals surface area contributed by atoms with Crippen LogP contribution in [0, 0.1) is 0 Å². The molecule has 2 aliphatic heterocycles. The summed E-state index contributed by atoms with van der Waals surface area (Å²) in [6.45, 7) is 9.36. The zero-order chi connectivity index (χ0) is 27.8. The summed E-state index contributed by atoms with van der Waals surface area (Å²) in [5.74, 6) is -1.03. The van der Waals surface area contributed by atoms with Crippen LogP contribution in [0.1, 0.15) is 34.6 Å². The standard InChI is InChI=1S/C26H35N3O7SSi/c1-24(2,3)38(19-13-9-7-10-14-19,20-15-11-8-12-16-20)33-17-21-26(28-29-27,18-32-37(6,30)31)22-23(34-21)36-25(4,5)35-22/h7-16,21-23H,17-18H2,1-6H3/t21-,22-,23+,26-/m1/s1. The predicted octanol–water partition coefficient (Wildman–Crippen LogP) is 3.46. The lowest BCUT2D eigenvalue weighted by Gasteiger charge is -2.44. The van der Waals surface area contributed by atoms with Crippen LogP contribution in [0.2, 0.25) is 5.04 Å². The van der Waals surface area contributed by atoms with Crippen molar-refractivity contribution < 1.29 is 31.2 Å². The van der Waals surface area contributed by atoms with Crippen LogP contribution >= 0.6 is 0 Å². The van der Waals surface area contributed by atoms with E-state index in [9.17, 15) is 13.9 Å². The van der Waals surface area contributed by atoms with Gasteiger partial charge in [0.25, 0.3) is 18.4 Å². The van der Waals surface area contributed by atoms with Crippen molar-refractivity contribution in [3.63, 3.8) is 0 Å². The summed E-state index contributed by atoms with van der Waals surface area (Å²) in [5, 5.41) is 5.86. The minimum Gasteiger partial charge on any atom is -0.405 e. The van der Waals surface area contributed by atoms with Gasteiger partial charge in [-0.3, -0.25) is 4.18 Å². The number of nitrogens with zero attached hydrogens (tertiary/aromatic N) is 3. The van der Waals surface area contributed by atoms with Crippen LogP contribution in [0.5, 0.6) is 0 Å². The molecule has 4 rings (SSSR count). The van der Waals surface area contributed by atoms with E-state index in [1.165, 1.54) is 0 Å². The molecule has 2 saturated heterocycles. The van der Waals surface area contributed by atoms with Gasteiger partial charge in [0.2, 0.25) is 0 Å². The molecule has 0 spiro atoms. The Morgan fingerprint density at radius 2 is 1.58 bits per heavy atom. The minimum atomic E-state index is -3.87. The number of azide groups is 1. The Morgan fingerprint density at radius 3 is 2.05 bits per heavy atom. The first-order valence-electron chi connectivity index (χ1n) is 12.4. The second-order valence-corrected chi connectivity index (χ2v) is 17.1. The number of hydrogen-bond acceptors (Lipinski definition) is 8. The van der Waals surface area contributed by atoms with E-state index >= 15 is 0 Å². The molecule has 4 atom stereocenters. The predicted molar refractivity (Wildman–Crippen MR) is 145 cm³/mol. The van der Waals surface area contributed by atoms with E-state index in [4.69, 9.17) is 22.8 Å². The average Bonchev–Trinajstić information content (AvgIpc) is 3.29. The minimum absolute atomic E-state index is 0.0143. The molecular formula is C26H35N3O7SSi. The van der Waals surface area contributed by atoms with E-state index in [-0.39, 0.29) is 11.6 Å². The molecule has 2 aromatic carbocycles. The summed E-state index contributed by atoms with van der Waals surface area (Å²) < 4.78 is 54.4. The highest BCUT2D eigenvalue weighted by molar-refractivity contribution is 7.85. The molecule has 2 aromatic rings. The molecule has 0 aromatic heterocycles. The smallest absolute Gasteiger partial charge is 0.264 e. The van der Waals surface area contributed by atoms with E-state index in [2.05, 4.69) is 55.1 Å². The first-order valence-corrected chi connectivity index (χ1v) is 16.1. The van der Waals surface area contributed by atoms with Gasteiger partial charge < -0.3 is 18.6 Å². The Hall–Kier alpha value is -2.28. The second kappa shape index (κ2) is 10.4. The molecule has 0 bridgehead atoms. The van der Waals surface area contributed by atoms with Gasteiger partial charge in [-0.2, -0.15) is 8.42 Å². The fourth-order valence-corrected chi connectivity index (χ4v) is 10.3. The van der Waals surface area contributed by atoms with Crippen molar-refractivity contribution in [3.8, 4) is 0 Å². The van der Waals surface area contributed by atoms with Gasteiger partial charge in [0.15, 0.2) is 12.1 Å². The van der Waals surface area contributed by atoms with Crippen molar-refractivity contribution in [2.24, 2.45) is 5.11 Å². The van der Waals surface area contributed by atoms with Crippen molar-refractivity contribution in [1.29, 1.82) is 0 Å². The topological polar surface area (TPSA) is 129 Å². The molecule has 10 nitrogen and oxygen atoms in total. The Bertz CT molecular complexity index is 1240. The van der Waals surface area contributed by atoms with E-state index in [0.29, 0.717) is 0 Å². The van der Waals surface area contributed by atoms with Gasteiger partial charge in [-0.25, -0.2) is 0 Å². The van der Waals surface area contributed by atoms with Crippen LogP contribution in [0.25, 0.3) is 10.4 Å². The van der Waals surface area contributed by atoms with Crippen molar-refractivity contribution >= 4 is 28.8 Å². The number of ether oxygens (including phenoxy) is 3. The molecular weight excluding hydrogens is 526 g/mol. The van der Waals surface area contributed by atoms with Crippen LogP contribution in [-0.4, -0.2) is 66.0 Å². The molecule has 2 fully saturated rings. The van der Waals surface area contributed by atoms with Crippen LogP contribution in [0.15, 0.2) is 65.8 Å². The first kappa shape index (κ1) is 28.7. The normalized spacial score (nSPS) is 27.1. The lowest BCUT2D eigenvalue weighted by Crippen LogP contribution is -2.67. The van der Waals surface area contributed by atoms with E-state index in [0.717, 1.165) is 16.6 Å². The van der Waals surface area contributed by atoms with Gasteiger partial charge >= 0.3 is 0 Å². The summed E-state index contributed by atoms with van der Waals surface area (Å²) >= 11 is 0. The maximum atomic E-state index is 12.0. The number of benzene rings is 2. The van der Waals surface area contributed by atoms with Gasteiger partial charge in [-0.05, 0) is 34.8 Å². The monoisotopic (exact) mass is 561 g/mol. The lowest BCUT2D eigenvalue weighted by molar-refractivity contribution is -0.215. The van der Waals surface area contributed by atoms with Gasteiger partial charge in [0, 0.05) is 4.91 Å². The van der Waals surface area contributed by atoms with Gasteiger partial charge in [0.05, 0.1) is 25.6 Å². The molecule has 2 aliphatic rings. The molecule has 206 valence electrons. The number of rotatable bonds is 9. The van der Waals surface area contributed by atoms with Crippen LogP contribution < -0.4 is 10.4 Å². The number of fused-ring (bicyclic) bond motifs is 1. The molecule has 0 amide bonds. The third-order valence-electron chi connectivity index (χ3n) is 7.01. The molecule has 0 saturated carbocycles. The Kier molecular flexibility index (Phi) is 7.83. The van der Waals surface area contributed by atoms with E-state index in [1.807, 2.05) is 36.4 Å². The number of hydrogen-bond donors (Lipinski definition) is 0. The maximum Gasteiger partial charge on any atom is 0.264 e. The highest BCUT2D eigenvalue weighted by Gasteiger charge is 2.65. The molecule has 12 heteroatoms. The van der Waals surface area contributed by atoms with Gasteiger partial charge in [-0.15, -0.1) is 0 Å². The maximum absolute atomic E-state index is 12.0. The van der Waals surface area contributed by atoms with Crippen LogP contribution in [0.4, 0.5) is 0 Å². The zero-order valence-electron chi connectivity index (χ0n) is 22.5. The summed E-state index contributed by atoms with van der Waals surface area (Å²) in [7, 11) is -6.85. The molecule has 2 heterocycles. The van der Waals surface area contributed by atoms with Gasteiger partial charge in [0.1, 0.15) is 11.6 Å². The summed E-state index contributed by atoms with van der Waals surface area (Å²) in [6.07, 6.45) is -1.77. The van der Waals surface area contributed by atoms with E-state index in [1.54, 1.807) is 13.8 Å². The molecule has 0 N–H and O–H groups in total. The largest absolute Gasteiger partial charge is 0.405 e. The summed E-state index contributed by atoms with van der Waals surface area (Å²) in [4.78, 5) is 3.05. The fourth-order valence-electron chi connectivity index (χ4n) is 5.39. The SMILES string of the molecule is CC1(C)O[C@@H]2O[C@H](CO[Si](c3ccccc3)(c3ccccc3)C(C)(C)C)[C@@](COS(C)(=O)=O)(N=[N+]=[N-])[C@@H]2O1. The Balaban J connectivity index is 1.79. The fraction of sp³-hybridized carbons (Fsp3) is 0.538. The highest BCUT2D eigenvalue weighted by atomic mass is 32.2. The quantitative estimate of drug-likeness (QED) is 0.151. The molecule has 0 aliphatic carbocycles. The summed E-state index contributed by atoms with van der Waals surface area (Å²) in [6, 6.07) is 20.1. The van der Waals surface area contributed by atoms with Crippen molar-refractivity contribution in [3.05, 3.63) is 71.1 Å². The zero-order valence-corrected chi connectivity index (χ0v) is 24.3. The van der Waals surface area contributed by atoms with Crippen molar-refractivity contribution in [2.45, 2.75) is 69.5 Å². The van der Waals surface area contributed by atoms with Gasteiger partial charge in [-0.1, -0.05) is 86.5 Å². The third-order valence-corrected chi connectivity index (χ3v) is 12.6. The van der Waals surface area contributed by atoms with Crippen molar-refractivity contribution in [1.82, 2.24) is 0 Å². The molecule has 0 radical (unpaired) electrons. The second-order valence-electron chi connectivity index (χ2n) is 11.2. The summed E-state index contributed by atoms with van der Waals surface area (Å²) in [5.41, 5.74) is 8.02. The highest BCUT2D eigenvalue weighted by Crippen LogP contribution is 2.46. The Morgan fingerprint density at radius 1 is 1.03 bits per heavy atom. The molecule has 38 heavy (non-hydrogen) atoms. The van der Waals surface area contributed by atoms with Crippen LogP contribution in [0.3, 0.4) is 0 Å². The first-order chi connectivity index (χ1) is 17.7. The Labute approximate surface area is 225 Å². The lowest BCUT2D eigenvalue weighted by atomic mass is 9.90. The van der Waals surface area contributed by atoms with Crippen LogP contribution in [-0.2, 0) is 32.9 Å².